The van der Waals surface area contributed by atoms with Crippen molar-refractivity contribution in [3.63, 3.8) is 0 Å². The molecular formula is C17H20F2N4O2. The van der Waals surface area contributed by atoms with Gasteiger partial charge in [0.15, 0.2) is 5.65 Å². The molecule has 0 aromatic carbocycles. The van der Waals surface area contributed by atoms with Gasteiger partial charge < -0.3 is 9.64 Å². The smallest absolute Gasteiger partial charge is 0.249 e. The summed E-state index contributed by atoms with van der Waals surface area (Å²) in [4.78, 5) is 18.1. The van der Waals surface area contributed by atoms with Crippen molar-refractivity contribution < 1.29 is 18.3 Å². The van der Waals surface area contributed by atoms with Crippen molar-refractivity contribution in [2.45, 2.75) is 31.6 Å². The number of piperidine rings is 1. The Labute approximate surface area is 143 Å². The predicted molar refractivity (Wildman–Crippen MR) is 85.5 cm³/mol. The number of carbonyl (C=O) groups excluding carboxylic acids is 1. The maximum absolute atomic E-state index is 12.9. The second-order valence-corrected chi connectivity index (χ2v) is 6.94. The second kappa shape index (κ2) is 6.24. The van der Waals surface area contributed by atoms with Gasteiger partial charge in [0.25, 0.3) is 0 Å². The number of ether oxygens (including phenoxy) is 1. The molecule has 1 aliphatic heterocycles. The number of nitrogens with zero attached hydrogens (tertiary/aromatic N) is 4. The largest absolute Gasteiger partial charge is 0.476 e. The summed E-state index contributed by atoms with van der Waals surface area (Å²) >= 11 is 0. The maximum Gasteiger partial charge on any atom is 0.249 e. The van der Waals surface area contributed by atoms with Crippen LogP contribution in [0.25, 0.3) is 5.65 Å². The van der Waals surface area contributed by atoms with Gasteiger partial charge in [-0.25, -0.2) is 18.3 Å². The number of carbonyl (C=O) groups is 1. The first kappa shape index (κ1) is 16.2. The third-order valence-electron chi connectivity index (χ3n) is 5.06. The van der Waals surface area contributed by atoms with Gasteiger partial charge in [-0.05, 0) is 24.8 Å². The fraction of sp³-hybridized carbons (Fsp3) is 0.588. The second-order valence-electron chi connectivity index (χ2n) is 6.94. The standard InChI is InChI=1S/C17H20F2N4O2/c18-17(19)9-13(10-17)16(24)22-6-3-12(4-7-22)11-25-15-2-1-14-20-5-8-23(14)21-15/h1-2,5,8,12-13H,3-4,6-7,9-11H2. The topological polar surface area (TPSA) is 59.7 Å². The molecule has 0 spiro atoms. The van der Waals surface area contributed by atoms with E-state index < -0.39 is 11.8 Å². The molecular weight excluding hydrogens is 330 g/mol. The number of alkyl halides is 2. The lowest BCUT2D eigenvalue weighted by Crippen LogP contribution is -2.49. The summed E-state index contributed by atoms with van der Waals surface area (Å²) in [6.45, 7) is 1.77. The number of hydrogen-bond acceptors (Lipinski definition) is 4. The highest BCUT2D eigenvalue weighted by Gasteiger charge is 2.49. The monoisotopic (exact) mass is 350 g/mol. The van der Waals surface area contributed by atoms with Crippen LogP contribution in [0.15, 0.2) is 24.5 Å². The van der Waals surface area contributed by atoms with Crippen LogP contribution in [0.4, 0.5) is 8.78 Å². The van der Waals surface area contributed by atoms with E-state index >= 15 is 0 Å². The van der Waals surface area contributed by atoms with E-state index in [1.165, 1.54) is 0 Å². The number of hydrogen-bond donors (Lipinski definition) is 0. The van der Waals surface area contributed by atoms with Crippen LogP contribution < -0.4 is 4.74 Å². The molecule has 1 aliphatic carbocycles. The average molecular weight is 350 g/mol. The summed E-state index contributed by atoms with van der Waals surface area (Å²) in [5.41, 5.74) is 0.765. The average Bonchev–Trinajstić information content (AvgIpc) is 3.05. The molecule has 1 saturated heterocycles. The number of rotatable bonds is 4. The van der Waals surface area contributed by atoms with Crippen LogP contribution >= 0.6 is 0 Å². The minimum Gasteiger partial charge on any atom is -0.476 e. The van der Waals surface area contributed by atoms with Crippen molar-refractivity contribution in [2.75, 3.05) is 19.7 Å². The minimum absolute atomic E-state index is 0.113. The zero-order chi connectivity index (χ0) is 17.4. The first-order valence-electron chi connectivity index (χ1n) is 8.60. The van der Waals surface area contributed by atoms with E-state index in [0.29, 0.717) is 31.5 Å². The Hall–Kier alpha value is -2.25. The zero-order valence-corrected chi connectivity index (χ0v) is 13.8. The molecule has 4 rings (SSSR count). The SMILES string of the molecule is O=C(C1CC(F)(F)C1)N1CCC(COc2ccc3nccn3n2)CC1. The fourth-order valence-electron chi connectivity index (χ4n) is 3.49. The van der Waals surface area contributed by atoms with Gasteiger partial charge in [0.05, 0.1) is 6.61 Å². The normalized spacial score (nSPS) is 21.3. The van der Waals surface area contributed by atoms with Crippen LogP contribution in [-0.4, -0.2) is 51.0 Å². The first-order chi connectivity index (χ1) is 12.0. The van der Waals surface area contributed by atoms with E-state index in [4.69, 9.17) is 4.74 Å². The molecule has 0 atom stereocenters. The molecule has 2 fully saturated rings. The number of likely N-dealkylation sites (tertiary alicyclic amines) is 1. The van der Waals surface area contributed by atoms with Crippen LogP contribution in [0.1, 0.15) is 25.7 Å². The summed E-state index contributed by atoms with van der Waals surface area (Å²) in [6.07, 6.45) is 4.49. The molecule has 8 heteroatoms. The van der Waals surface area contributed by atoms with E-state index in [9.17, 15) is 13.6 Å². The number of aromatic nitrogens is 3. The molecule has 2 aromatic heterocycles. The van der Waals surface area contributed by atoms with Crippen LogP contribution in [0, 0.1) is 11.8 Å². The van der Waals surface area contributed by atoms with Crippen molar-refractivity contribution in [1.82, 2.24) is 19.5 Å². The van der Waals surface area contributed by atoms with Crippen LogP contribution in [0.2, 0.25) is 0 Å². The summed E-state index contributed by atoms with van der Waals surface area (Å²) in [5.74, 6) is -2.37. The number of amides is 1. The third kappa shape index (κ3) is 3.43. The number of fused-ring (bicyclic) bond motifs is 1. The zero-order valence-electron chi connectivity index (χ0n) is 13.8. The van der Waals surface area contributed by atoms with E-state index in [0.717, 1.165) is 18.5 Å². The van der Waals surface area contributed by atoms with Gasteiger partial charge >= 0.3 is 0 Å². The fourth-order valence-corrected chi connectivity index (χ4v) is 3.49. The van der Waals surface area contributed by atoms with Crippen molar-refractivity contribution in [2.24, 2.45) is 11.8 Å². The molecule has 2 aromatic rings. The summed E-state index contributed by atoms with van der Waals surface area (Å²) in [7, 11) is 0. The third-order valence-corrected chi connectivity index (χ3v) is 5.06. The quantitative estimate of drug-likeness (QED) is 0.850. The Morgan fingerprint density at radius 1 is 1.28 bits per heavy atom. The molecule has 6 nitrogen and oxygen atoms in total. The predicted octanol–water partition coefficient (Wildman–Crippen LogP) is 2.39. The van der Waals surface area contributed by atoms with Crippen molar-refractivity contribution in [3.05, 3.63) is 24.5 Å². The van der Waals surface area contributed by atoms with Crippen LogP contribution in [-0.2, 0) is 4.79 Å². The Morgan fingerprint density at radius 2 is 2.04 bits per heavy atom. The van der Waals surface area contributed by atoms with Crippen molar-refractivity contribution in [3.8, 4) is 5.88 Å². The lowest BCUT2D eigenvalue weighted by molar-refractivity contribution is -0.161. The molecule has 1 saturated carbocycles. The molecule has 0 bridgehead atoms. The van der Waals surface area contributed by atoms with Gasteiger partial charge in [-0.3, -0.25) is 4.79 Å². The molecule has 2 aliphatic rings. The first-order valence-corrected chi connectivity index (χ1v) is 8.60. The van der Waals surface area contributed by atoms with Crippen molar-refractivity contribution >= 4 is 11.6 Å². The minimum atomic E-state index is -2.64. The highest BCUT2D eigenvalue weighted by atomic mass is 19.3. The van der Waals surface area contributed by atoms with Gasteiger partial charge in [-0.1, -0.05) is 0 Å². The molecule has 3 heterocycles. The van der Waals surface area contributed by atoms with Gasteiger partial charge in [0.2, 0.25) is 17.7 Å². The lowest BCUT2D eigenvalue weighted by atomic mass is 9.80. The Balaban J connectivity index is 1.24. The highest BCUT2D eigenvalue weighted by Crippen LogP contribution is 2.43. The Bertz CT molecular complexity index is 763. The van der Waals surface area contributed by atoms with Crippen LogP contribution in [0.3, 0.4) is 0 Å². The lowest BCUT2D eigenvalue weighted by Gasteiger charge is -2.39. The number of imidazole rings is 1. The van der Waals surface area contributed by atoms with Gasteiger partial charge in [0, 0.05) is 50.3 Å². The molecule has 25 heavy (non-hydrogen) atoms. The number of halogens is 2. The van der Waals surface area contributed by atoms with E-state index in [2.05, 4.69) is 10.1 Å². The summed E-state index contributed by atoms with van der Waals surface area (Å²) < 4.78 is 33.3. The van der Waals surface area contributed by atoms with Gasteiger partial charge in [-0.2, -0.15) is 0 Å². The molecule has 0 N–H and O–H groups in total. The molecule has 134 valence electrons. The van der Waals surface area contributed by atoms with E-state index in [-0.39, 0.29) is 18.7 Å². The maximum atomic E-state index is 12.9. The van der Waals surface area contributed by atoms with E-state index in [1.54, 1.807) is 27.9 Å². The highest BCUT2D eigenvalue weighted by molar-refractivity contribution is 5.80. The summed E-state index contributed by atoms with van der Waals surface area (Å²) in [5, 5.41) is 4.31. The Kier molecular flexibility index (Phi) is 4.05. The van der Waals surface area contributed by atoms with Crippen molar-refractivity contribution in [1.29, 1.82) is 0 Å². The van der Waals surface area contributed by atoms with E-state index in [1.807, 2.05) is 6.07 Å². The summed E-state index contributed by atoms with van der Waals surface area (Å²) in [6, 6.07) is 3.63. The van der Waals surface area contributed by atoms with Gasteiger partial charge in [-0.15, -0.1) is 5.10 Å². The molecule has 0 radical (unpaired) electrons. The van der Waals surface area contributed by atoms with Crippen LogP contribution in [0.5, 0.6) is 5.88 Å². The molecule has 0 unspecified atom stereocenters. The van der Waals surface area contributed by atoms with Gasteiger partial charge in [0.1, 0.15) is 0 Å². The molecule has 1 amide bonds. The Morgan fingerprint density at radius 3 is 2.76 bits per heavy atom.